The van der Waals surface area contributed by atoms with Crippen molar-refractivity contribution < 1.29 is 9.59 Å². The molecule has 0 radical (unpaired) electrons. The van der Waals surface area contributed by atoms with Crippen LogP contribution in [0.4, 0.5) is 5.69 Å². The smallest absolute Gasteiger partial charge is 0.255 e. The summed E-state index contributed by atoms with van der Waals surface area (Å²) in [5, 5.41) is 10.1. The molecule has 0 aliphatic rings. The second kappa shape index (κ2) is 9.70. The van der Waals surface area contributed by atoms with Crippen molar-refractivity contribution in [3.05, 3.63) is 114 Å². The highest BCUT2D eigenvalue weighted by molar-refractivity contribution is 6.05. The number of anilines is 1. The molecule has 1 aromatic heterocycles. The Morgan fingerprint density at radius 3 is 2.31 bits per heavy atom. The lowest BCUT2D eigenvalue weighted by Crippen LogP contribution is -2.31. The number of aryl methyl sites for hydroxylation is 1. The first kappa shape index (κ1) is 21.0. The summed E-state index contributed by atoms with van der Waals surface area (Å²) < 4.78 is 1.68. The highest BCUT2D eigenvalue weighted by atomic mass is 16.2. The van der Waals surface area contributed by atoms with Gasteiger partial charge in [0.15, 0.2) is 0 Å². The molecule has 1 unspecified atom stereocenters. The van der Waals surface area contributed by atoms with Crippen molar-refractivity contribution in [2.75, 3.05) is 5.32 Å². The van der Waals surface area contributed by atoms with Gasteiger partial charge in [-0.05, 0) is 42.3 Å². The Kier molecular flexibility index (Phi) is 6.36. The van der Waals surface area contributed by atoms with Gasteiger partial charge in [0.1, 0.15) is 12.7 Å². The van der Waals surface area contributed by atoms with Crippen molar-refractivity contribution in [1.82, 2.24) is 20.1 Å². The quantitative estimate of drug-likeness (QED) is 0.468. The molecule has 7 nitrogen and oxygen atoms in total. The first-order valence-electron chi connectivity index (χ1n) is 10.3. The minimum atomic E-state index is -0.297. The van der Waals surface area contributed by atoms with Crippen LogP contribution in [-0.2, 0) is 6.54 Å². The number of hydrogen-bond acceptors (Lipinski definition) is 4. The van der Waals surface area contributed by atoms with E-state index in [9.17, 15) is 9.59 Å². The summed E-state index contributed by atoms with van der Waals surface area (Å²) in [6.45, 7) is 2.33. The first-order chi connectivity index (χ1) is 15.6. The minimum Gasteiger partial charge on any atom is -0.343 e. The third-order valence-corrected chi connectivity index (χ3v) is 5.13. The number of nitrogens with one attached hydrogen (secondary N) is 2. The molecule has 1 heterocycles. The summed E-state index contributed by atoms with van der Waals surface area (Å²) in [5.74, 6) is -0.464. The SMILES string of the molecule is Cc1ccc(C(=O)NC(Cn2cncn2)c2ccccc2)cc1NC(=O)c1ccccc1. The van der Waals surface area contributed by atoms with Crippen LogP contribution in [0.3, 0.4) is 0 Å². The summed E-state index contributed by atoms with van der Waals surface area (Å²) >= 11 is 0. The normalized spacial score (nSPS) is 11.5. The average molecular weight is 425 g/mol. The number of carbonyl (C=O) groups excluding carboxylic acids is 2. The Balaban J connectivity index is 1.54. The Morgan fingerprint density at radius 1 is 0.906 bits per heavy atom. The monoisotopic (exact) mass is 425 g/mol. The summed E-state index contributed by atoms with van der Waals surface area (Å²) in [7, 11) is 0. The Hall–Kier alpha value is -4.26. The molecule has 0 saturated heterocycles. The summed E-state index contributed by atoms with van der Waals surface area (Å²) in [5.41, 5.74) is 3.44. The molecule has 0 saturated carbocycles. The standard InChI is InChI=1S/C25H23N5O2/c1-18-12-13-21(14-22(18)28-24(31)20-10-6-3-7-11-20)25(32)29-23(15-30-17-26-16-27-30)19-8-4-2-5-9-19/h2-14,16-17,23H,15H2,1H3,(H,28,31)(H,29,32). The lowest BCUT2D eigenvalue weighted by atomic mass is 10.0. The van der Waals surface area contributed by atoms with Crippen LogP contribution < -0.4 is 10.6 Å². The van der Waals surface area contributed by atoms with Gasteiger partial charge in [-0.3, -0.25) is 14.3 Å². The minimum absolute atomic E-state index is 0.223. The van der Waals surface area contributed by atoms with Crippen LogP contribution in [0.15, 0.2) is 91.5 Å². The van der Waals surface area contributed by atoms with Crippen LogP contribution in [0.2, 0.25) is 0 Å². The van der Waals surface area contributed by atoms with Crippen LogP contribution in [0.1, 0.15) is 37.9 Å². The molecule has 0 aliphatic heterocycles. The van der Waals surface area contributed by atoms with E-state index in [2.05, 4.69) is 20.7 Å². The Morgan fingerprint density at radius 2 is 1.62 bits per heavy atom. The van der Waals surface area contributed by atoms with Crippen LogP contribution in [0.5, 0.6) is 0 Å². The van der Waals surface area contributed by atoms with E-state index in [1.807, 2.05) is 61.5 Å². The van der Waals surface area contributed by atoms with Gasteiger partial charge in [0.05, 0.1) is 12.6 Å². The molecule has 0 fully saturated rings. The van der Waals surface area contributed by atoms with Crippen molar-refractivity contribution in [3.8, 4) is 0 Å². The maximum Gasteiger partial charge on any atom is 0.255 e. The number of aromatic nitrogens is 3. The number of benzene rings is 3. The zero-order chi connectivity index (χ0) is 22.3. The van der Waals surface area contributed by atoms with Gasteiger partial charge in [-0.2, -0.15) is 5.10 Å². The second-order valence-electron chi connectivity index (χ2n) is 7.40. The van der Waals surface area contributed by atoms with E-state index in [1.54, 1.807) is 35.3 Å². The van der Waals surface area contributed by atoms with Gasteiger partial charge in [0.25, 0.3) is 11.8 Å². The van der Waals surface area contributed by atoms with Gasteiger partial charge in [-0.1, -0.05) is 54.6 Å². The van der Waals surface area contributed by atoms with Gasteiger partial charge in [0.2, 0.25) is 0 Å². The third kappa shape index (κ3) is 5.07. The van der Waals surface area contributed by atoms with Crippen LogP contribution in [-0.4, -0.2) is 26.6 Å². The molecule has 4 aromatic rings. The van der Waals surface area contributed by atoms with Crippen LogP contribution in [0.25, 0.3) is 0 Å². The van der Waals surface area contributed by atoms with Gasteiger partial charge >= 0.3 is 0 Å². The fourth-order valence-electron chi connectivity index (χ4n) is 3.36. The van der Waals surface area contributed by atoms with E-state index in [-0.39, 0.29) is 17.9 Å². The molecule has 160 valence electrons. The first-order valence-corrected chi connectivity index (χ1v) is 10.3. The maximum absolute atomic E-state index is 13.1. The highest BCUT2D eigenvalue weighted by Crippen LogP contribution is 2.20. The number of rotatable bonds is 7. The van der Waals surface area contributed by atoms with Crippen molar-refractivity contribution >= 4 is 17.5 Å². The molecule has 1 atom stereocenters. The molecule has 4 rings (SSSR count). The van der Waals surface area contributed by atoms with Crippen molar-refractivity contribution in [3.63, 3.8) is 0 Å². The molecule has 32 heavy (non-hydrogen) atoms. The molecule has 3 aromatic carbocycles. The summed E-state index contributed by atoms with van der Waals surface area (Å²) in [4.78, 5) is 29.6. The topological polar surface area (TPSA) is 88.9 Å². The highest BCUT2D eigenvalue weighted by Gasteiger charge is 2.18. The number of carbonyl (C=O) groups is 2. The van der Waals surface area contributed by atoms with Crippen molar-refractivity contribution in [2.24, 2.45) is 0 Å². The van der Waals surface area contributed by atoms with E-state index in [0.717, 1.165) is 11.1 Å². The fraction of sp³-hybridized carbons (Fsp3) is 0.120. The van der Waals surface area contributed by atoms with E-state index in [1.165, 1.54) is 6.33 Å². The van der Waals surface area contributed by atoms with Crippen LogP contribution in [0, 0.1) is 6.92 Å². The fourth-order valence-corrected chi connectivity index (χ4v) is 3.36. The largest absolute Gasteiger partial charge is 0.343 e. The molecular formula is C25H23N5O2. The predicted octanol–water partition coefficient (Wildman–Crippen LogP) is 4.01. The van der Waals surface area contributed by atoms with E-state index >= 15 is 0 Å². The Labute approximate surface area is 186 Å². The molecule has 7 heteroatoms. The van der Waals surface area contributed by atoms with E-state index in [4.69, 9.17) is 0 Å². The molecule has 0 spiro atoms. The molecule has 0 aliphatic carbocycles. The van der Waals surface area contributed by atoms with Gasteiger partial charge in [0, 0.05) is 16.8 Å². The van der Waals surface area contributed by atoms with E-state index < -0.39 is 0 Å². The molecule has 2 amide bonds. The summed E-state index contributed by atoms with van der Waals surface area (Å²) in [6, 6.07) is 23.7. The molecule has 2 N–H and O–H groups in total. The van der Waals surface area contributed by atoms with Gasteiger partial charge in [-0.15, -0.1) is 0 Å². The second-order valence-corrected chi connectivity index (χ2v) is 7.40. The van der Waals surface area contributed by atoms with Crippen molar-refractivity contribution in [1.29, 1.82) is 0 Å². The predicted molar refractivity (Wildman–Crippen MR) is 122 cm³/mol. The van der Waals surface area contributed by atoms with Crippen LogP contribution >= 0.6 is 0 Å². The Bertz CT molecular complexity index is 1190. The number of hydrogen-bond donors (Lipinski definition) is 2. The lowest BCUT2D eigenvalue weighted by Gasteiger charge is -2.20. The van der Waals surface area contributed by atoms with E-state index in [0.29, 0.717) is 23.4 Å². The zero-order valence-corrected chi connectivity index (χ0v) is 17.6. The lowest BCUT2D eigenvalue weighted by molar-refractivity contribution is 0.0930. The third-order valence-electron chi connectivity index (χ3n) is 5.13. The maximum atomic E-state index is 13.1. The zero-order valence-electron chi connectivity index (χ0n) is 17.6. The van der Waals surface area contributed by atoms with Crippen molar-refractivity contribution in [2.45, 2.75) is 19.5 Å². The van der Waals surface area contributed by atoms with Gasteiger partial charge in [-0.25, -0.2) is 4.98 Å². The number of amides is 2. The summed E-state index contributed by atoms with van der Waals surface area (Å²) in [6.07, 6.45) is 3.08. The average Bonchev–Trinajstić information content (AvgIpc) is 3.34. The molecular weight excluding hydrogens is 402 g/mol. The van der Waals surface area contributed by atoms with Gasteiger partial charge < -0.3 is 10.6 Å². The number of nitrogens with zero attached hydrogens (tertiary/aromatic N) is 3. The molecule has 0 bridgehead atoms.